The van der Waals surface area contributed by atoms with Gasteiger partial charge < -0.3 is 9.15 Å². The van der Waals surface area contributed by atoms with Gasteiger partial charge in [-0.1, -0.05) is 4.49 Å². The van der Waals surface area contributed by atoms with Crippen LogP contribution in [0, 0.1) is 0 Å². The van der Waals surface area contributed by atoms with Gasteiger partial charge in [-0.25, -0.2) is 8.42 Å². The molecule has 0 radical (unpaired) electrons. The molecule has 1 saturated heterocycles. The minimum Gasteiger partial charge on any atom is -0.461 e. The third-order valence-electron chi connectivity index (χ3n) is 4.22. The molecular formula is C16H21N3O5S2. The smallest absolute Gasteiger partial charge is 0.303 e. The van der Waals surface area contributed by atoms with Crippen molar-refractivity contribution < 1.29 is 22.4 Å². The first kappa shape index (κ1) is 19.0. The van der Waals surface area contributed by atoms with Crippen LogP contribution in [0.3, 0.4) is 0 Å². The van der Waals surface area contributed by atoms with Gasteiger partial charge in [-0.3, -0.25) is 9.69 Å². The number of likely N-dealkylation sites (tertiary alicyclic amines) is 1. The SMILES string of the molecule is CC(=O)OCc1ccc(CN2CCC[C@@H](c3nnsc3S(C)(=O)=O)C2)o1. The number of piperidine rings is 1. The summed E-state index contributed by atoms with van der Waals surface area (Å²) in [5.74, 6) is 1.09. The Bertz CT molecular complexity index is 874. The molecule has 0 N–H and O–H groups in total. The van der Waals surface area contributed by atoms with E-state index in [0.29, 0.717) is 24.5 Å². The van der Waals surface area contributed by atoms with Crippen molar-refractivity contribution >= 4 is 27.3 Å². The summed E-state index contributed by atoms with van der Waals surface area (Å²) < 4.78 is 38.6. The van der Waals surface area contributed by atoms with E-state index in [1.165, 1.54) is 13.2 Å². The van der Waals surface area contributed by atoms with Crippen molar-refractivity contribution in [3.8, 4) is 0 Å². The zero-order valence-corrected chi connectivity index (χ0v) is 16.3. The molecule has 1 atom stereocenters. The van der Waals surface area contributed by atoms with Crippen LogP contribution in [0.4, 0.5) is 0 Å². The molecule has 142 valence electrons. The minimum absolute atomic E-state index is 0.0442. The molecule has 2 aromatic rings. The molecule has 0 aliphatic carbocycles. The molecule has 0 amide bonds. The highest BCUT2D eigenvalue weighted by Gasteiger charge is 2.29. The fourth-order valence-electron chi connectivity index (χ4n) is 3.10. The highest BCUT2D eigenvalue weighted by atomic mass is 32.2. The van der Waals surface area contributed by atoms with Gasteiger partial charge >= 0.3 is 5.97 Å². The molecule has 3 rings (SSSR count). The third kappa shape index (κ3) is 4.68. The molecular weight excluding hydrogens is 378 g/mol. The van der Waals surface area contributed by atoms with Crippen molar-refractivity contribution in [2.24, 2.45) is 0 Å². The predicted molar refractivity (Wildman–Crippen MR) is 94.4 cm³/mol. The Morgan fingerprint density at radius 3 is 2.92 bits per heavy atom. The summed E-state index contributed by atoms with van der Waals surface area (Å²) in [6.07, 6.45) is 3.03. The normalized spacial score (nSPS) is 18.8. The molecule has 1 aliphatic rings. The Labute approximate surface area is 156 Å². The number of nitrogens with zero attached hydrogens (tertiary/aromatic N) is 3. The van der Waals surface area contributed by atoms with E-state index in [2.05, 4.69) is 14.5 Å². The summed E-state index contributed by atoms with van der Waals surface area (Å²) >= 11 is 0.939. The Kier molecular flexibility index (Phi) is 5.73. The number of ether oxygens (including phenoxy) is 1. The monoisotopic (exact) mass is 399 g/mol. The van der Waals surface area contributed by atoms with E-state index in [1.54, 1.807) is 6.07 Å². The lowest BCUT2D eigenvalue weighted by Crippen LogP contribution is -2.34. The maximum Gasteiger partial charge on any atom is 0.303 e. The van der Waals surface area contributed by atoms with Crippen LogP contribution in [0.1, 0.15) is 42.9 Å². The second kappa shape index (κ2) is 7.85. The van der Waals surface area contributed by atoms with Crippen molar-refractivity contribution in [2.75, 3.05) is 19.3 Å². The number of furan rings is 1. The summed E-state index contributed by atoms with van der Waals surface area (Å²) in [4.78, 5) is 13.1. The summed E-state index contributed by atoms with van der Waals surface area (Å²) in [6, 6.07) is 3.67. The zero-order valence-electron chi connectivity index (χ0n) is 14.7. The lowest BCUT2D eigenvalue weighted by Gasteiger charge is -2.31. The molecule has 0 aromatic carbocycles. The largest absolute Gasteiger partial charge is 0.461 e. The van der Waals surface area contributed by atoms with Gasteiger partial charge in [-0.15, -0.1) is 5.10 Å². The summed E-state index contributed by atoms with van der Waals surface area (Å²) in [7, 11) is -3.31. The van der Waals surface area contributed by atoms with Crippen molar-refractivity contribution in [1.29, 1.82) is 0 Å². The number of esters is 1. The van der Waals surface area contributed by atoms with Crippen LogP contribution in [0.25, 0.3) is 0 Å². The van der Waals surface area contributed by atoms with E-state index < -0.39 is 9.84 Å². The van der Waals surface area contributed by atoms with Crippen LogP contribution in [-0.4, -0.2) is 48.2 Å². The van der Waals surface area contributed by atoms with Gasteiger partial charge in [0.2, 0.25) is 0 Å². The molecule has 2 aromatic heterocycles. The summed E-state index contributed by atoms with van der Waals surface area (Å²) in [6.45, 7) is 3.70. The van der Waals surface area contributed by atoms with Crippen LogP contribution in [0.15, 0.2) is 20.8 Å². The molecule has 0 bridgehead atoms. The Balaban J connectivity index is 1.64. The van der Waals surface area contributed by atoms with E-state index in [1.807, 2.05) is 6.07 Å². The van der Waals surface area contributed by atoms with Gasteiger partial charge in [0.25, 0.3) is 0 Å². The third-order valence-corrected chi connectivity index (χ3v) is 6.78. The van der Waals surface area contributed by atoms with Gasteiger partial charge in [0.05, 0.1) is 12.2 Å². The van der Waals surface area contributed by atoms with E-state index in [9.17, 15) is 13.2 Å². The number of rotatable bonds is 6. The lowest BCUT2D eigenvalue weighted by atomic mass is 9.95. The topological polar surface area (TPSA) is 103 Å². The standard InChI is InChI=1S/C16H21N3O5S2/c1-11(20)23-10-14-6-5-13(24-14)9-19-7-3-4-12(8-19)15-16(25-18-17-15)26(2,21)22/h5-6,12H,3-4,7-10H2,1-2H3/t12-/m1/s1. The van der Waals surface area contributed by atoms with Crippen LogP contribution < -0.4 is 0 Å². The molecule has 3 heterocycles. The molecule has 1 fully saturated rings. The second-order valence-electron chi connectivity index (χ2n) is 6.44. The van der Waals surface area contributed by atoms with Gasteiger partial charge in [0, 0.05) is 37.2 Å². The van der Waals surface area contributed by atoms with E-state index in [4.69, 9.17) is 9.15 Å². The van der Waals surface area contributed by atoms with Gasteiger partial charge in [-0.2, -0.15) is 0 Å². The maximum absolute atomic E-state index is 11.9. The quantitative estimate of drug-likeness (QED) is 0.680. The Morgan fingerprint density at radius 1 is 1.42 bits per heavy atom. The first-order chi connectivity index (χ1) is 12.3. The highest BCUT2D eigenvalue weighted by molar-refractivity contribution is 7.92. The number of hydrogen-bond acceptors (Lipinski definition) is 9. The van der Waals surface area contributed by atoms with Crippen LogP contribution >= 0.6 is 11.5 Å². The minimum atomic E-state index is -3.31. The molecule has 0 unspecified atom stereocenters. The number of carbonyl (C=O) groups excluding carboxylic acids is 1. The van der Waals surface area contributed by atoms with Gasteiger partial charge in [-0.05, 0) is 31.5 Å². The number of carbonyl (C=O) groups is 1. The van der Waals surface area contributed by atoms with E-state index >= 15 is 0 Å². The number of aromatic nitrogens is 2. The molecule has 26 heavy (non-hydrogen) atoms. The van der Waals surface area contributed by atoms with Gasteiger partial charge in [0.1, 0.15) is 18.1 Å². The van der Waals surface area contributed by atoms with Crippen molar-refractivity contribution in [1.82, 2.24) is 14.5 Å². The van der Waals surface area contributed by atoms with Gasteiger partial charge in [0.15, 0.2) is 14.0 Å². The fraction of sp³-hybridized carbons (Fsp3) is 0.562. The summed E-state index contributed by atoms with van der Waals surface area (Å²) in [5.41, 5.74) is 0.581. The summed E-state index contributed by atoms with van der Waals surface area (Å²) in [5, 5.41) is 4.08. The molecule has 10 heteroatoms. The fourth-order valence-corrected chi connectivity index (χ4v) is 4.83. The zero-order chi connectivity index (χ0) is 18.7. The van der Waals surface area contributed by atoms with Crippen molar-refractivity contribution in [2.45, 2.75) is 43.0 Å². The van der Waals surface area contributed by atoms with E-state index in [0.717, 1.165) is 36.7 Å². The Morgan fingerprint density at radius 2 is 2.19 bits per heavy atom. The molecule has 0 saturated carbocycles. The van der Waals surface area contributed by atoms with E-state index in [-0.39, 0.29) is 22.7 Å². The lowest BCUT2D eigenvalue weighted by molar-refractivity contribution is -0.142. The van der Waals surface area contributed by atoms with Crippen LogP contribution in [-0.2, 0) is 32.5 Å². The Hall–Kier alpha value is -1.78. The van der Waals surface area contributed by atoms with Crippen molar-refractivity contribution in [3.63, 3.8) is 0 Å². The van der Waals surface area contributed by atoms with Crippen molar-refractivity contribution in [3.05, 3.63) is 29.3 Å². The second-order valence-corrected chi connectivity index (χ2v) is 9.41. The first-order valence-electron chi connectivity index (χ1n) is 8.28. The average Bonchev–Trinajstić information content (AvgIpc) is 3.22. The maximum atomic E-state index is 11.9. The molecule has 0 spiro atoms. The average molecular weight is 399 g/mol. The van der Waals surface area contributed by atoms with Crippen LogP contribution in [0.2, 0.25) is 0 Å². The number of hydrogen-bond donors (Lipinski definition) is 0. The molecule has 1 aliphatic heterocycles. The predicted octanol–water partition coefficient (Wildman–Crippen LogP) is 1.98. The first-order valence-corrected chi connectivity index (χ1v) is 10.9. The molecule has 8 nitrogen and oxygen atoms in total. The highest BCUT2D eigenvalue weighted by Crippen LogP contribution is 2.32. The van der Waals surface area contributed by atoms with Crippen LogP contribution in [0.5, 0.6) is 0 Å². The number of sulfone groups is 1.